The normalized spacial score (nSPS) is 10.5. The van der Waals surface area contributed by atoms with Crippen LogP contribution >= 0.6 is 0 Å². The number of aryl methyl sites for hydroxylation is 1. The highest BCUT2D eigenvalue weighted by Crippen LogP contribution is 2.26. The molecule has 2 N–H and O–H groups in total. The molecule has 0 saturated heterocycles. The molecule has 1 heterocycles. The number of anilines is 2. The van der Waals surface area contributed by atoms with Crippen LogP contribution in [-0.2, 0) is 0 Å². The predicted molar refractivity (Wildman–Crippen MR) is 83.2 cm³/mol. The molecule has 0 unspecified atom stereocenters. The molecule has 4 nitrogen and oxygen atoms in total. The number of aromatic nitrogens is 1. The van der Waals surface area contributed by atoms with Crippen LogP contribution in [0.4, 0.5) is 11.4 Å². The van der Waals surface area contributed by atoms with Crippen LogP contribution in [0.25, 0.3) is 10.9 Å². The van der Waals surface area contributed by atoms with Crippen molar-refractivity contribution in [3.8, 4) is 0 Å². The number of pyridine rings is 1. The maximum atomic E-state index is 10.9. The number of para-hydroxylation sites is 1. The van der Waals surface area contributed by atoms with Crippen LogP contribution in [0.15, 0.2) is 54.7 Å². The van der Waals surface area contributed by atoms with E-state index >= 15 is 0 Å². The van der Waals surface area contributed by atoms with Crippen molar-refractivity contribution in [1.29, 1.82) is 0 Å². The van der Waals surface area contributed by atoms with Crippen molar-refractivity contribution in [2.45, 2.75) is 6.92 Å². The minimum absolute atomic E-state index is 0.274. The lowest BCUT2D eigenvalue weighted by molar-refractivity contribution is 0.0697. The molecule has 0 bridgehead atoms. The van der Waals surface area contributed by atoms with Gasteiger partial charge in [-0.1, -0.05) is 18.2 Å². The van der Waals surface area contributed by atoms with E-state index in [4.69, 9.17) is 5.11 Å². The summed E-state index contributed by atoms with van der Waals surface area (Å²) < 4.78 is 0. The molecule has 0 amide bonds. The van der Waals surface area contributed by atoms with Crippen LogP contribution in [0, 0.1) is 6.92 Å². The SMILES string of the molecule is Cc1cccc2c(Nc3ccc(C(=O)O)cc3)ccnc12. The van der Waals surface area contributed by atoms with E-state index < -0.39 is 5.97 Å². The Morgan fingerprint density at radius 3 is 2.57 bits per heavy atom. The molecule has 4 heteroatoms. The van der Waals surface area contributed by atoms with E-state index in [9.17, 15) is 4.79 Å². The van der Waals surface area contributed by atoms with E-state index in [0.29, 0.717) is 0 Å². The summed E-state index contributed by atoms with van der Waals surface area (Å²) >= 11 is 0. The number of aromatic carboxylic acids is 1. The molecule has 21 heavy (non-hydrogen) atoms. The minimum atomic E-state index is -0.925. The number of carboxylic acid groups (broad SMARTS) is 1. The molecule has 3 aromatic rings. The van der Waals surface area contributed by atoms with Crippen molar-refractivity contribution < 1.29 is 9.90 Å². The first-order chi connectivity index (χ1) is 10.1. The Bertz CT molecular complexity index is 811. The van der Waals surface area contributed by atoms with Gasteiger partial charge in [0.1, 0.15) is 0 Å². The zero-order chi connectivity index (χ0) is 14.8. The number of fused-ring (bicyclic) bond motifs is 1. The highest BCUT2D eigenvalue weighted by molar-refractivity contribution is 5.94. The number of hydrogen-bond donors (Lipinski definition) is 2. The molecule has 0 fully saturated rings. The lowest BCUT2D eigenvalue weighted by atomic mass is 10.1. The van der Waals surface area contributed by atoms with Gasteiger partial charge in [0.2, 0.25) is 0 Å². The lowest BCUT2D eigenvalue weighted by Gasteiger charge is -2.10. The third kappa shape index (κ3) is 2.56. The van der Waals surface area contributed by atoms with Crippen LogP contribution < -0.4 is 5.32 Å². The van der Waals surface area contributed by atoms with E-state index in [1.165, 1.54) is 0 Å². The van der Waals surface area contributed by atoms with Crippen LogP contribution in [0.2, 0.25) is 0 Å². The van der Waals surface area contributed by atoms with Crippen molar-refractivity contribution in [3.63, 3.8) is 0 Å². The van der Waals surface area contributed by atoms with Gasteiger partial charge >= 0.3 is 5.97 Å². The van der Waals surface area contributed by atoms with Crippen molar-refractivity contribution in [3.05, 3.63) is 65.9 Å². The molecule has 3 rings (SSSR count). The Kier molecular flexibility index (Phi) is 3.28. The number of benzene rings is 2. The Hall–Kier alpha value is -2.88. The molecule has 0 aliphatic rings. The maximum Gasteiger partial charge on any atom is 0.335 e. The molecule has 2 aromatic carbocycles. The smallest absolute Gasteiger partial charge is 0.335 e. The first-order valence-corrected chi connectivity index (χ1v) is 6.60. The number of nitrogens with zero attached hydrogens (tertiary/aromatic N) is 1. The summed E-state index contributed by atoms with van der Waals surface area (Å²) in [4.78, 5) is 15.3. The first-order valence-electron chi connectivity index (χ1n) is 6.60. The number of carbonyl (C=O) groups is 1. The van der Waals surface area contributed by atoms with Gasteiger partial charge in [-0.05, 0) is 42.8 Å². The average molecular weight is 278 g/mol. The molecule has 0 saturated carbocycles. The summed E-state index contributed by atoms with van der Waals surface area (Å²) in [5.41, 5.74) is 4.15. The zero-order valence-corrected chi connectivity index (χ0v) is 11.5. The lowest BCUT2D eigenvalue weighted by Crippen LogP contribution is -1.97. The predicted octanol–water partition coefficient (Wildman–Crippen LogP) is 3.99. The van der Waals surface area contributed by atoms with Gasteiger partial charge in [-0.3, -0.25) is 4.98 Å². The number of nitrogens with one attached hydrogen (secondary N) is 1. The Morgan fingerprint density at radius 2 is 1.86 bits per heavy atom. The third-order valence-electron chi connectivity index (χ3n) is 3.38. The van der Waals surface area contributed by atoms with E-state index in [0.717, 1.165) is 27.8 Å². The number of hydrogen-bond acceptors (Lipinski definition) is 3. The summed E-state index contributed by atoms with van der Waals surface area (Å²) in [6.07, 6.45) is 1.77. The fourth-order valence-corrected chi connectivity index (χ4v) is 2.28. The summed E-state index contributed by atoms with van der Waals surface area (Å²) in [6, 6.07) is 14.6. The highest BCUT2D eigenvalue weighted by Gasteiger charge is 2.05. The van der Waals surface area contributed by atoms with Gasteiger partial charge in [0.25, 0.3) is 0 Å². The van der Waals surface area contributed by atoms with Crippen molar-refractivity contribution in [2.24, 2.45) is 0 Å². The van der Waals surface area contributed by atoms with Gasteiger partial charge in [-0.25, -0.2) is 4.79 Å². The molecular formula is C17H14N2O2. The van der Waals surface area contributed by atoms with E-state index in [-0.39, 0.29) is 5.56 Å². The van der Waals surface area contributed by atoms with E-state index in [2.05, 4.69) is 10.3 Å². The monoisotopic (exact) mass is 278 g/mol. The summed E-state index contributed by atoms with van der Waals surface area (Å²) in [7, 11) is 0. The molecule has 104 valence electrons. The first kappa shape index (κ1) is 13.1. The van der Waals surface area contributed by atoms with Crippen molar-refractivity contribution in [1.82, 2.24) is 4.98 Å². The highest BCUT2D eigenvalue weighted by atomic mass is 16.4. The molecule has 0 radical (unpaired) electrons. The molecular weight excluding hydrogens is 264 g/mol. The van der Waals surface area contributed by atoms with Crippen LogP contribution in [0.1, 0.15) is 15.9 Å². The molecule has 0 aliphatic carbocycles. The van der Waals surface area contributed by atoms with Crippen LogP contribution in [-0.4, -0.2) is 16.1 Å². The second kappa shape index (κ2) is 5.25. The van der Waals surface area contributed by atoms with Gasteiger partial charge in [0, 0.05) is 23.0 Å². The Morgan fingerprint density at radius 1 is 1.10 bits per heavy atom. The van der Waals surface area contributed by atoms with Crippen LogP contribution in [0.3, 0.4) is 0 Å². The largest absolute Gasteiger partial charge is 0.478 e. The second-order valence-corrected chi connectivity index (χ2v) is 4.84. The van der Waals surface area contributed by atoms with Gasteiger partial charge in [-0.15, -0.1) is 0 Å². The summed E-state index contributed by atoms with van der Waals surface area (Å²) in [6.45, 7) is 2.03. The molecule has 0 atom stereocenters. The van der Waals surface area contributed by atoms with E-state index in [1.54, 1.807) is 30.5 Å². The Labute approximate surface area is 122 Å². The fourth-order valence-electron chi connectivity index (χ4n) is 2.28. The third-order valence-corrected chi connectivity index (χ3v) is 3.38. The molecule has 0 spiro atoms. The summed E-state index contributed by atoms with van der Waals surface area (Å²) in [5.74, 6) is -0.925. The van der Waals surface area contributed by atoms with Gasteiger partial charge in [-0.2, -0.15) is 0 Å². The Balaban J connectivity index is 1.98. The molecule has 1 aromatic heterocycles. The van der Waals surface area contributed by atoms with Crippen molar-refractivity contribution in [2.75, 3.05) is 5.32 Å². The van der Waals surface area contributed by atoms with Gasteiger partial charge in [0.15, 0.2) is 0 Å². The maximum absolute atomic E-state index is 10.9. The quantitative estimate of drug-likeness (QED) is 0.760. The van der Waals surface area contributed by atoms with Crippen molar-refractivity contribution >= 4 is 28.2 Å². The number of rotatable bonds is 3. The summed E-state index contributed by atoms with van der Waals surface area (Å²) in [5, 5.41) is 13.3. The minimum Gasteiger partial charge on any atom is -0.478 e. The number of carboxylic acids is 1. The van der Waals surface area contributed by atoms with E-state index in [1.807, 2.05) is 31.2 Å². The zero-order valence-electron chi connectivity index (χ0n) is 11.5. The van der Waals surface area contributed by atoms with Crippen LogP contribution in [0.5, 0.6) is 0 Å². The molecule has 0 aliphatic heterocycles. The standard InChI is InChI=1S/C17H14N2O2/c1-11-3-2-4-14-15(9-10-18-16(11)14)19-13-7-5-12(6-8-13)17(20)21/h2-10H,1H3,(H,18,19)(H,20,21). The topological polar surface area (TPSA) is 62.2 Å². The second-order valence-electron chi connectivity index (χ2n) is 4.84. The van der Waals surface area contributed by atoms with Gasteiger partial charge < -0.3 is 10.4 Å². The fraction of sp³-hybridized carbons (Fsp3) is 0.0588. The average Bonchev–Trinajstić information content (AvgIpc) is 2.49. The van der Waals surface area contributed by atoms with Gasteiger partial charge in [0.05, 0.1) is 11.1 Å².